The molecule has 1 aromatic heterocycles. The van der Waals surface area contributed by atoms with E-state index in [0.717, 1.165) is 24.2 Å². The lowest BCUT2D eigenvalue weighted by atomic mass is 9.98. The van der Waals surface area contributed by atoms with Crippen molar-refractivity contribution in [2.75, 3.05) is 18.5 Å². The first-order valence-corrected chi connectivity index (χ1v) is 8.62. The molecule has 1 fully saturated rings. The number of hydrogen-bond acceptors (Lipinski definition) is 5. The van der Waals surface area contributed by atoms with E-state index in [1.165, 1.54) is 18.4 Å². The van der Waals surface area contributed by atoms with Crippen LogP contribution in [0.25, 0.3) is 11.3 Å². The van der Waals surface area contributed by atoms with E-state index in [-0.39, 0.29) is 5.91 Å². The molecule has 1 aliphatic carbocycles. The molecular weight excluding hydrogens is 320 g/mol. The summed E-state index contributed by atoms with van der Waals surface area (Å²) in [6.45, 7) is 0.803. The Kier molecular flexibility index (Phi) is 3.26. The van der Waals surface area contributed by atoms with Crippen LogP contribution in [0.15, 0.2) is 30.5 Å². The number of carbonyl (C=O) groups is 1. The van der Waals surface area contributed by atoms with Gasteiger partial charge >= 0.3 is 0 Å². The number of anilines is 1. The zero-order valence-electron chi connectivity index (χ0n) is 13.7. The average Bonchev–Trinajstić information content (AvgIpc) is 3.38. The van der Waals surface area contributed by atoms with Crippen molar-refractivity contribution >= 4 is 17.2 Å². The van der Waals surface area contributed by atoms with Crippen molar-refractivity contribution in [3.8, 4) is 5.69 Å². The second-order valence-electron chi connectivity index (χ2n) is 6.52. The summed E-state index contributed by atoms with van der Waals surface area (Å²) in [5, 5.41) is 11.4. The van der Waals surface area contributed by atoms with E-state index in [2.05, 4.69) is 21.7 Å². The zero-order chi connectivity index (χ0) is 16.9. The third-order valence-corrected chi connectivity index (χ3v) is 4.98. The summed E-state index contributed by atoms with van der Waals surface area (Å²) in [5.41, 5.74) is 4.41. The van der Waals surface area contributed by atoms with Crippen LogP contribution in [0.4, 0.5) is 5.69 Å². The van der Waals surface area contributed by atoms with Crippen LogP contribution in [-0.2, 0) is 20.1 Å². The summed E-state index contributed by atoms with van der Waals surface area (Å²) in [7, 11) is 0. The number of rotatable bonds is 2. The van der Waals surface area contributed by atoms with E-state index in [4.69, 9.17) is 9.47 Å². The van der Waals surface area contributed by atoms with Crippen LogP contribution in [0.1, 0.15) is 36.9 Å². The molecule has 1 saturated heterocycles. The second kappa shape index (κ2) is 5.50. The van der Waals surface area contributed by atoms with E-state index in [0.29, 0.717) is 24.5 Å². The van der Waals surface area contributed by atoms with Gasteiger partial charge in [-0.25, -0.2) is 4.68 Å². The summed E-state index contributed by atoms with van der Waals surface area (Å²) in [4.78, 5) is 12.3. The Bertz CT molecular complexity index is 880. The Hall–Kier alpha value is -2.51. The Labute approximate surface area is 144 Å². The van der Waals surface area contributed by atoms with E-state index in [9.17, 15) is 4.79 Å². The molecule has 0 radical (unpaired) electrons. The van der Waals surface area contributed by atoms with Crippen LogP contribution in [-0.4, -0.2) is 34.1 Å². The Morgan fingerprint density at radius 2 is 2.08 bits per heavy atom. The number of hydrogen-bond donors (Lipinski definition) is 1. The van der Waals surface area contributed by atoms with Crippen molar-refractivity contribution < 1.29 is 14.3 Å². The summed E-state index contributed by atoms with van der Waals surface area (Å²) < 4.78 is 13.0. The summed E-state index contributed by atoms with van der Waals surface area (Å²) in [5.74, 6) is -1.59. The molecule has 7 heteroatoms. The number of nitrogens with one attached hydrogen (secondary N) is 1. The van der Waals surface area contributed by atoms with Crippen molar-refractivity contribution in [1.82, 2.24) is 15.0 Å². The highest BCUT2D eigenvalue weighted by molar-refractivity contribution is 6.04. The number of benzene rings is 1. The summed E-state index contributed by atoms with van der Waals surface area (Å²) >= 11 is 0. The number of carbonyl (C=O) groups excluding carboxylic acids is 1. The van der Waals surface area contributed by atoms with Gasteiger partial charge in [-0.3, -0.25) is 4.79 Å². The van der Waals surface area contributed by atoms with Gasteiger partial charge in [0.25, 0.3) is 11.7 Å². The highest BCUT2D eigenvalue weighted by Crippen LogP contribution is 2.43. The van der Waals surface area contributed by atoms with E-state index < -0.39 is 5.79 Å². The van der Waals surface area contributed by atoms with Gasteiger partial charge in [-0.2, -0.15) is 0 Å². The molecule has 0 atom stereocenters. The molecule has 2 aliphatic heterocycles. The highest BCUT2D eigenvalue weighted by Gasteiger charge is 2.52. The normalized spacial score (nSPS) is 21.3. The van der Waals surface area contributed by atoms with Gasteiger partial charge in [-0.15, -0.1) is 5.10 Å². The molecule has 5 rings (SSSR count). The molecule has 1 aromatic carbocycles. The maximum absolute atomic E-state index is 12.3. The quantitative estimate of drug-likeness (QED) is 0.909. The van der Waals surface area contributed by atoms with Crippen LogP contribution in [0.5, 0.6) is 0 Å². The topological polar surface area (TPSA) is 78.3 Å². The third-order valence-electron chi connectivity index (χ3n) is 4.98. The smallest absolute Gasteiger partial charge is 0.289 e. The summed E-state index contributed by atoms with van der Waals surface area (Å²) in [6.07, 6.45) is 8.77. The lowest BCUT2D eigenvalue weighted by Crippen LogP contribution is -2.35. The highest BCUT2D eigenvalue weighted by atomic mass is 16.7. The minimum absolute atomic E-state index is 0.274. The molecule has 1 N–H and O–H groups in total. The molecule has 2 aromatic rings. The maximum Gasteiger partial charge on any atom is 0.289 e. The number of aromatic nitrogens is 3. The minimum atomic E-state index is -1.32. The zero-order valence-corrected chi connectivity index (χ0v) is 13.7. The first-order chi connectivity index (χ1) is 12.3. The van der Waals surface area contributed by atoms with Gasteiger partial charge in [-0.05, 0) is 49.5 Å². The van der Waals surface area contributed by atoms with Crippen LogP contribution < -0.4 is 5.32 Å². The Balaban J connectivity index is 1.52. The molecule has 3 heterocycles. The van der Waals surface area contributed by atoms with Crippen molar-refractivity contribution in [2.45, 2.75) is 31.5 Å². The van der Waals surface area contributed by atoms with Gasteiger partial charge in [0.15, 0.2) is 0 Å². The molecule has 128 valence electrons. The maximum atomic E-state index is 12.3. The average molecular weight is 338 g/mol. The van der Waals surface area contributed by atoms with Crippen molar-refractivity contribution in [3.63, 3.8) is 0 Å². The van der Waals surface area contributed by atoms with Gasteiger partial charge in [0.2, 0.25) is 0 Å². The lowest BCUT2D eigenvalue weighted by Gasteiger charge is -2.19. The molecule has 1 amide bonds. The van der Waals surface area contributed by atoms with E-state index in [1.54, 1.807) is 4.68 Å². The molecular formula is C18H18N4O3. The molecule has 1 spiro atoms. The van der Waals surface area contributed by atoms with Crippen molar-refractivity contribution in [2.24, 2.45) is 0 Å². The third kappa shape index (κ3) is 2.23. The van der Waals surface area contributed by atoms with Gasteiger partial charge in [0, 0.05) is 5.56 Å². The number of fused-ring (bicyclic) bond motifs is 2. The predicted molar refractivity (Wildman–Crippen MR) is 90.0 cm³/mol. The molecule has 25 heavy (non-hydrogen) atoms. The first-order valence-electron chi connectivity index (χ1n) is 8.62. The monoisotopic (exact) mass is 338 g/mol. The predicted octanol–water partition coefficient (Wildman–Crippen LogP) is 2.38. The molecule has 3 aliphatic rings. The Morgan fingerprint density at radius 1 is 1.20 bits per heavy atom. The van der Waals surface area contributed by atoms with E-state index in [1.807, 2.05) is 24.4 Å². The van der Waals surface area contributed by atoms with Gasteiger partial charge in [0.1, 0.15) is 5.69 Å². The second-order valence-corrected chi connectivity index (χ2v) is 6.52. The lowest BCUT2D eigenvalue weighted by molar-refractivity contribution is -0.178. The summed E-state index contributed by atoms with van der Waals surface area (Å²) in [6, 6.07) is 5.64. The van der Waals surface area contributed by atoms with Crippen LogP contribution in [0.2, 0.25) is 0 Å². The standard InChI is InChI=1S/C18H18N4O3/c23-17-18(24-8-9-25-18)14-10-13(6-7-15(14)19-17)22-11-16(20-21-22)12-4-2-1-3-5-12/h4,6-7,10-11H,1-3,5,8-9H2,(H,19,23). The van der Waals surface area contributed by atoms with Crippen LogP contribution in [0, 0.1) is 0 Å². The van der Waals surface area contributed by atoms with E-state index >= 15 is 0 Å². The van der Waals surface area contributed by atoms with Gasteiger partial charge in [-0.1, -0.05) is 11.3 Å². The molecule has 0 saturated carbocycles. The fraction of sp³-hybridized carbons (Fsp3) is 0.389. The number of amides is 1. The molecule has 7 nitrogen and oxygen atoms in total. The first kappa shape index (κ1) is 14.8. The number of allylic oxidation sites excluding steroid dienone is 2. The molecule has 0 unspecified atom stereocenters. The van der Waals surface area contributed by atoms with Crippen molar-refractivity contribution in [1.29, 1.82) is 0 Å². The molecule has 0 bridgehead atoms. The fourth-order valence-electron chi connectivity index (χ4n) is 3.69. The van der Waals surface area contributed by atoms with Crippen LogP contribution in [0.3, 0.4) is 0 Å². The Morgan fingerprint density at radius 3 is 2.88 bits per heavy atom. The van der Waals surface area contributed by atoms with Gasteiger partial charge in [0.05, 0.1) is 30.8 Å². The largest absolute Gasteiger partial charge is 0.336 e. The SMILES string of the molecule is O=C1Nc2ccc(-n3cc(C4=CCCCC4)nn3)cc2C12OCCO2. The minimum Gasteiger partial charge on any atom is -0.336 e. The van der Waals surface area contributed by atoms with Crippen molar-refractivity contribution in [3.05, 3.63) is 41.7 Å². The fourth-order valence-corrected chi connectivity index (χ4v) is 3.69. The van der Waals surface area contributed by atoms with Crippen LogP contribution >= 0.6 is 0 Å². The number of nitrogens with zero attached hydrogens (tertiary/aromatic N) is 3. The number of ether oxygens (including phenoxy) is 2. The van der Waals surface area contributed by atoms with Gasteiger partial charge < -0.3 is 14.8 Å².